The van der Waals surface area contributed by atoms with E-state index in [0.717, 1.165) is 34.0 Å². The first-order valence-corrected chi connectivity index (χ1v) is 9.30. The first-order valence-electron chi connectivity index (χ1n) is 9.30. The molecule has 0 spiro atoms. The summed E-state index contributed by atoms with van der Waals surface area (Å²) in [6.07, 6.45) is 0.939. The number of fused-ring (bicyclic) bond motifs is 1. The number of aryl methyl sites for hydroxylation is 2. The lowest BCUT2D eigenvalue weighted by molar-refractivity contribution is -0.130. The first-order chi connectivity index (χ1) is 13.6. The molecule has 2 aromatic heterocycles. The Morgan fingerprint density at radius 1 is 1.11 bits per heavy atom. The van der Waals surface area contributed by atoms with Gasteiger partial charge in [0.05, 0.1) is 17.6 Å². The summed E-state index contributed by atoms with van der Waals surface area (Å²) in [4.78, 5) is 19.1. The second-order valence-electron chi connectivity index (χ2n) is 6.87. The van der Waals surface area contributed by atoms with E-state index in [1.807, 2.05) is 49.4 Å². The van der Waals surface area contributed by atoms with Crippen LogP contribution < -0.4 is 0 Å². The van der Waals surface area contributed by atoms with Gasteiger partial charge in [0.25, 0.3) is 0 Å². The fraction of sp³-hybridized carbons (Fsp3) is 0.227. The van der Waals surface area contributed by atoms with Crippen LogP contribution >= 0.6 is 0 Å². The fourth-order valence-electron chi connectivity index (χ4n) is 3.34. The standard InChI is InChI=1S/C22H22N4O2/c1-16-14-17(24-28-16)15-25(2)22(27)13-12-21-23-19-10-6-7-11-20(19)26(21)18-8-4-3-5-9-18/h3-11,14H,12-13,15H2,1-2H3. The van der Waals surface area contributed by atoms with Crippen molar-refractivity contribution >= 4 is 16.9 Å². The molecule has 4 rings (SSSR count). The minimum absolute atomic E-state index is 0.0484. The molecule has 0 saturated heterocycles. The van der Waals surface area contributed by atoms with Crippen molar-refractivity contribution in [2.45, 2.75) is 26.3 Å². The van der Waals surface area contributed by atoms with Gasteiger partial charge in [0.15, 0.2) is 0 Å². The predicted molar refractivity (Wildman–Crippen MR) is 107 cm³/mol. The molecule has 0 aliphatic carbocycles. The van der Waals surface area contributed by atoms with Gasteiger partial charge < -0.3 is 9.42 Å². The quantitative estimate of drug-likeness (QED) is 0.513. The zero-order valence-corrected chi connectivity index (χ0v) is 16.0. The lowest BCUT2D eigenvalue weighted by Gasteiger charge is -2.15. The summed E-state index contributed by atoms with van der Waals surface area (Å²) in [6, 6.07) is 20.0. The molecule has 0 aliphatic rings. The smallest absolute Gasteiger partial charge is 0.223 e. The number of nitrogens with zero attached hydrogens (tertiary/aromatic N) is 4. The Kier molecular flexibility index (Phi) is 4.93. The summed E-state index contributed by atoms with van der Waals surface area (Å²) in [5.74, 6) is 1.67. The molecule has 0 fully saturated rings. The number of para-hydroxylation sites is 3. The van der Waals surface area contributed by atoms with Gasteiger partial charge in [0.2, 0.25) is 5.91 Å². The third-order valence-corrected chi connectivity index (χ3v) is 4.71. The van der Waals surface area contributed by atoms with Crippen molar-refractivity contribution in [1.82, 2.24) is 19.6 Å². The van der Waals surface area contributed by atoms with Crippen LogP contribution in [-0.4, -0.2) is 32.6 Å². The number of aromatic nitrogens is 3. The van der Waals surface area contributed by atoms with Crippen LogP contribution in [0.2, 0.25) is 0 Å². The molecule has 2 aromatic carbocycles. The largest absolute Gasteiger partial charge is 0.361 e. The highest BCUT2D eigenvalue weighted by Gasteiger charge is 2.16. The lowest BCUT2D eigenvalue weighted by Crippen LogP contribution is -2.26. The van der Waals surface area contributed by atoms with Crippen molar-refractivity contribution in [3.8, 4) is 5.69 Å². The van der Waals surface area contributed by atoms with Crippen LogP contribution in [0.25, 0.3) is 16.7 Å². The summed E-state index contributed by atoms with van der Waals surface area (Å²) in [5, 5.41) is 3.95. The zero-order valence-electron chi connectivity index (χ0n) is 16.0. The van der Waals surface area contributed by atoms with Crippen LogP contribution in [-0.2, 0) is 17.8 Å². The minimum Gasteiger partial charge on any atom is -0.361 e. The van der Waals surface area contributed by atoms with Gasteiger partial charge in [0, 0.05) is 31.6 Å². The third kappa shape index (κ3) is 3.67. The van der Waals surface area contributed by atoms with Crippen molar-refractivity contribution in [2.24, 2.45) is 0 Å². The number of rotatable bonds is 6. The van der Waals surface area contributed by atoms with E-state index in [0.29, 0.717) is 19.4 Å². The molecule has 2 heterocycles. The van der Waals surface area contributed by atoms with E-state index in [9.17, 15) is 4.79 Å². The molecular weight excluding hydrogens is 352 g/mol. The number of amides is 1. The maximum atomic E-state index is 12.6. The van der Waals surface area contributed by atoms with Gasteiger partial charge in [-0.1, -0.05) is 35.5 Å². The Morgan fingerprint density at radius 3 is 2.61 bits per heavy atom. The van der Waals surface area contributed by atoms with Crippen molar-refractivity contribution in [3.05, 3.63) is 77.9 Å². The maximum absolute atomic E-state index is 12.6. The molecule has 0 saturated carbocycles. The Morgan fingerprint density at radius 2 is 1.86 bits per heavy atom. The summed E-state index contributed by atoms with van der Waals surface area (Å²) in [7, 11) is 1.78. The van der Waals surface area contributed by atoms with E-state index >= 15 is 0 Å². The van der Waals surface area contributed by atoms with Crippen LogP contribution in [0.15, 0.2) is 65.2 Å². The Balaban J connectivity index is 1.54. The number of carbonyl (C=O) groups excluding carboxylic acids is 1. The van der Waals surface area contributed by atoms with E-state index in [1.54, 1.807) is 11.9 Å². The molecule has 1 amide bonds. The van der Waals surface area contributed by atoms with Crippen molar-refractivity contribution < 1.29 is 9.32 Å². The second-order valence-corrected chi connectivity index (χ2v) is 6.87. The molecule has 6 nitrogen and oxygen atoms in total. The average molecular weight is 374 g/mol. The highest BCUT2D eigenvalue weighted by molar-refractivity contribution is 5.79. The molecule has 4 aromatic rings. The molecule has 0 N–H and O–H groups in total. The van der Waals surface area contributed by atoms with Gasteiger partial charge in [-0.3, -0.25) is 9.36 Å². The predicted octanol–water partition coefficient (Wildman–Crippen LogP) is 3.91. The van der Waals surface area contributed by atoms with Crippen molar-refractivity contribution in [2.75, 3.05) is 7.05 Å². The van der Waals surface area contributed by atoms with Crippen LogP contribution in [0.4, 0.5) is 0 Å². The van der Waals surface area contributed by atoms with Gasteiger partial charge in [-0.2, -0.15) is 0 Å². The van der Waals surface area contributed by atoms with Gasteiger partial charge in [-0.15, -0.1) is 0 Å². The number of carbonyl (C=O) groups is 1. The summed E-state index contributed by atoms with van der Waals surface area (Å²) in [6.45, 7) is 2.28. The topological polar surface area (TPSA) is 64.2 Å². The summed E-state index contributed by atoms with van der Waals surface area (Å²) >= 11 is 0. The molecule has 0 atom stereocenters. The van der Waals surface area contributed by atoms with Gasteiger partial charge in [-0.25, -0.2) is 4.98 Å². The molecule has 0 unspecified atom stereocenters. The number of hydrogen-bond donors (Lipinski definition) is 0. The molecule has 142 valence electrons. The Bertz CT molecular complexity index is 1100. The SMILES string of the molecule is Cc1cc(CN(C)C(=O)CCc2nc3ccccc3n2-c2ccccc2)no1. The molecule has 0 aliphatic heterocycles. The average Bonchev–Trinajstić information content (AvgIpc) is 3.29. The van der Waals surface area contributed by atoms with E-state index < -0.39 is 0 Å². The van der Waals surface area contributed by atoms with Crippen LogP contribution in [0, 0.1) is 6.92 Å². The molecule has 28 heavy (non-hydrogen) atoms. The Hall–Kier alpha value is -3.41. The zero-order chi connectivity index (χ0) is 19.5. The number of benzene rings is 2. The van der Waals surface area contributed by atoms with Gasteiger partial charge >= 0.3 is 0 Å². The van der Waals surface area contributed by atoms with Crippen LogP contribution in [0.3, 0.4) is 0 Å². The maximum Gasteiger partial charge on any atom is 0.223 e. The third-order valence-electron chi connectivity index (χ3n) is 4.71. The summed E-state index contributed by atoms with van der Waals surface area (Å²) < 4.78 is 7.20. The number of imidazole rings is 1. The van der Waals surface area contributed by atoms with Crippen LogP contribution in [0.1, 0.15) is 23.7 Å². The molecule has 0 bridgehead atoms. The number of hydrogen-bond acceptors (Lipinski definition) is 4. The highest BCUT2D eigenvalue weighted by Crippen LogP contribution is 2.22. The van der Waals surface area contributed by atoms with E-state index in [2.05, 4.69) is 27.9 Å². The lowest BCUT2D eigenvalue weighted by atomic mass is 10.2. The van der Waals surface area contributed by atoms with Crippen LogP contribution in [0.5, 0.6) is 0 Å². The summed E-state index contributed by atoms with van der Waals surface area (Å²) in [5.41, 5.74) is 3.78. The van der Waals surface area contributed by atoms with Crippen molar-refractivity contribution in [3.63, 3.8) is 0 Å². The Labute approximate surface area is 163 Å². The monoisotopic (exact) mass is 374 g/mol. The van der Waals surface area contributed by atoms with E-state index in [1.165, 1.54) is 0 Å². The highest BCUT2D eigenvalue weighted by atomic mass is 16.5. The first kappa shape index (κ1) is 18.0. The van der Waals surface area contributed by atoms with Crippen molar-refractivity contribution in [1.29, 1.82) is 0 Å². The molecule has 0 radical (unpaired) electrons. The fourth-order valence-corrected chi connectivity index (χ4v) is 3.34. The van der Waals surface area contributed by atoms with Gasteiger partial charge in [0.1, 0.15) is 17.3 Å². The minimum atomic E-state index is 0.0484. The molecule has 6 heteroatoms. The van der Waals surface area contributed by atoms with Gasteiger partial charge in [-0.05, 0) is 31.2 Å². The van der Waals surface area contributed by atoms with E-state index in [4.69, 9.17) is 9.51 Å². The second kappa shape index (κ2) is 7.68. The van der Waals surface area contributed by atoms with E-state index in [-0.39, 0.29) is 5.91 Å². The normalized spacial score (nSPS) is 11.1. The molecular formula is C22H22N4O2.